The van der Waals surface area contributed by atoms with Crippen molar-refractivity contribution in [1.29, 1.82) is 0 Å². The highest BCUT2D eigenvalue weighted by atomic mass is 35.5. The van der Waals surface area contributed by atoms with Gasteiger partial charge in [0.2, 0.25) is 5.88 Å². The van der Waals surface area contributed by atoms with Crippen LogP contribution in [-0.4, -0.2) is 28.1 Å². The minimum Gasteiger partial charge on any atom is -0.472 e. The quantitative estimate of drug-likeness (QED) is 0.546. The summed E-state index contributed by atoms with van der Waals surface area (Å²) in [6, 6.07) is 4.76. The number of carbonyl (C=O) groups excluding carboxylic acids is 1. The normalized spacial score (nSPS) is 14.3. The monoisotopic (exact) mass is 460 g/mol. The van der Waals surface area contributed by atoms with Crippen LogP contribution in [0.3, 0.4) is 0 Å². The maximum absolute atomic E-state index is 14.0. The number of alkyl halides is 3. The molecular formula is C21H21ClF4N2O3. The van der Waals surface area contributed by atoms with E-state index in [0.29, 0.717) is 5.56 Å². The predicted octanol–water partition coefficient (Wildman–Crippen LogP) is 5.77. The molecule has 0 spiro atoms. The Morgan fingerprint density at radius 3 is 2.55 bits per heavy atom. The maximum Gasteiger partial charge on any atom is 0.421 e. The molecule has 0 saturated carbocycles. The molecule has 1 aromatic carbocycles. The van der Waals surface area contributed by atoms with Gasteiger partial charge in [0.25, 0.3) is 0 Å². The number of ether oxygens (including phenoxy) is 2. The van der Waals surface area contributed by atoms with Gasteiger partial charge in [-0.2, -0.15) is 13.2 Å². The first-order valence-electron chi connectivity index (χ1n) is 9.48. The van der Waals surface area contributed by atoms with Gasteiger partial charge in [0.15, 0.2) is 0 Å². The van der Waals surface area contributed by atoms with Crippen molar-refractivity contribution in [3.05, 3.63) is 57.5 Å². The van der Waals surface area contributed by atoms with Gasteiger partial charge in [0, 0.05) is 17.1 Å². The minimum atomic E-state index is -4.71. The topological polar surface area (TPSA) is 51.7 Å². The predicted molar refractivity (Wildman–Crippen MR) is 105 cm³/mol. The molecule has 5 nitrogen and oxygen atoms in total. The number of amides is 1. The lowest BCUT2D eigenvalue weighted by Gasteiger charge is -2.31. The lowest BCUT2D eigenvalue weighted by atomic mass is 10.0. The van der Waals surface area contributed by atoms with Crippen LogP contribution in [0, 0.1) is 5.82 Å². The molecule has 31 heavy (non-hydrogen) atoms. The summed E-state index contributed by atoms with van der Waals surface area (Å²) in [6.07, 6.45) is -5.10. The standard InChI is InChI=1S/C21H21ClF4N2O3/c1-20(2,3)31-19(29)28-7-6-12-8-15(21(24,25)26)18(27-17(12)10-28)30-11-13-4-5-14(22)9-16(13)23/h4-5,8-9H,6-7,10-11H2,1-3H3. The van der Waals surface area contributed by atoms with E-state index in [-0.39, 0.29) is 35.8 Å². The molecule has 0 N–H and O–H groups in total. The SMILES string of the molecule is CC(C)(C)OC(=O)N1CCc2cc(C(F)(F)F)c(OCc3ccc(Cl)cc3F)nc2C1. The molecule has 10 heteroatoms. The average Bonchev–Trinajstić information content (AvgIpc) is 2.64. The molecule has 3 rings (SSSR count). The summed E-state index contributed by atoms with van der Waals surface area (Å²) in [5, 5.41) is 0.159. The molecule has 0 radical (unpaired) electrons. The van der Waals surface area contributed by atoms with Crippen molar-refractivity contribution in [2.75, 3.05) is 6.54 Å². The van der Waals surface area contributed by atoms with E-state index in [4.69, 9.17) is 21.1 Å². The second-order valence-corrected chi connectivity index (χ2v) is 8.56. The molecule has 2 aromatic rings. The fourth-order valence-corrected chi connectivity index (χ4v) is 3.18. The van der Waals surface area contributed by atoms with Crippen LogP contribution < -0.4 is 4.74 Å². The number of halogens is 5. The molecule has 168 valence electrons. The molecule has 1 aromatic heterocycles. The number of hydrogen-bond acceptors (Lipinski definition) is 4. The van der Waals surface area contributed by atoms with E-state index >= 15 is 0 Å². The number of rotatable bonds is 3. The summed E-state index contributed by atoms with van der Waals surface area (Å²) in [4.78, 5) is 17.7. The molecule has 2 heterocycles. The van der Waals surface area contributed by atoms with Crippen molar-refractivity contribution >= 4 is 17.7 Å². The molecule has 0 saturated heterocycles. The second-order valence-electron chi connectivity index (χ2n) is 8.12. The van der Waals surface area contributed by atoms with Gasteiger partial charge >= 0.3 is 12.3 Å². The van der Waals surface area contributed by atoms with Crippen molar-refractivity contribution in [2.24, 2.45) is 0 Å². The van der Waals surface area contributed by atoms with Crippen LogP contribution in [0.15, 0.2) is 24.3 Å². The van der Waals surface area contributed by atoms with Crippen molar-refractivity contribution in [3.63, 3.8) is 0 Å². The van der Waals surface area contributed by atoms with Crippen LogP contribution in [0.1, 0.15) is 43.2 Å². The Balaban J connectivity index is 1.87. The molecule has 0 bridgehead atoms. The largest absolute Gasteiger partial charge is 0.472 e. The van der Waals surface area contributed by atoms with E-state index in [1.165, 1.54) is 17.0 Å². The van der Waals surface area contributed by atoms with E-state index in [0.717, 1.165) is 12.1 Å². The molecule has 1 aliphatic heterocycles. The Kier molecular flexibility index (Phi) is 6.36. The van der Waals surface area contributed by atoms with Crippen LogP contribution in [0.5, 0.6) is 5.88 Å². The Morgan fingerprint density at radius 2 is 1.94 bits per heavy atom. The number of carbonyl (C=O) groups is 1. The molecular weight excluding hydrogens is 440 g/mol. The maximum atomic E-state index is 14.0. The fourth-order valence-electron chi connectivity index (χ4n) is 3.02. The van der Waals surface area contributed by atoms with E-state index in [1.54, 1.807) is 20.8 Å². The van der Waals surface area contributed by atoms with Crippen molar-refractivity contribution in [2.45, 2.75) is 52.1 Å². The Morgan fingerprint density at radius 1 is 1.23 bits per heavy atom. The van der Waals surface area contributed by atoms with Crippen molar-refractivity contribution < 1.29 is 31.8 Å². The molecule has 1 amide bonds. The molecule has 0 unspecified atom stereocenters. The van der Waals surface area contributed by atoms with E-state index in [1.807, 2.05) is 0 Å². The van der Waals surface area contributed by atoms with Crippen LogP contribution in [0.2, 0.25) is 5.02 Å². The molecule has 0 atom stereocenters. The fraction of sp³-hybridized carbons (Fsp3) is 0.429. The third kappa shape index (κ3) is 5.78. The first-order valence-corrected chi connectivity index (χ1v) is 9.86. The summed E-state index contributed by atoms with van der Waals surface area (Å²) in [5.41, 5.74) is -1.07. The van der Waals surface area contributed by atoms with Crippen molar-refractivity contribution in [3.8, 4) is 5.88 Å². The summed E-state index contributed by atoms with van der Waals surface area (Å²) >= 11 is 5.69. The van der Waals surface area contributed by atoms with E-state index < -0.39 is 41.7 Å². The number of aromatic nitrogens is 1. The van der Waals surface area contributed by atoms with E-state index in [9.17, 15) is 22.4 Å². The number of fused-ring (bicyclic) bond motifs is 1. The zero-order chi connectivity index (χ0) is 23.0. The highest BCUT2D eigenvalue weighted by molar-refractivity contribution is 6.30. The zero-order valence-electron chi connectivity index (χ0n) is 17.1. The Labute approximate surface area is 181 Å². The van der Waals surface area contributed by atoms with Gasteiger partial charge in [-0.15, -0.1) is 0 Å². The van der Waals surface area contributed by atoms with Gasteiger partial charge in [0.1, 0.15) is 23.6 Å². The van der Waals surface area contributed by atoms with Gasteiger partial charge in [-0.25, -0.2) is 14.2 Å². The third-order valence-electron chi connectivity index (χ3n) is 4.48. The van der Waals surface area contributed by atoms with Gasteiger partial charge in [0.05, 0.1) is 12.2 Å². The number of nitrogens with zero attached hydrogens (tertiary/aromatic N) is 2. The highest BCUT2D eigenvalue weighted by Crippen LogP contribution is 2.38. The average molecular weight is 461 g/mol. The van der Waals surface area contributed by atoms with Crippen LogP contribution in [0.4, 0.5) is 22.4 Å². The van der Waals surface area contributed by atoms with Gasteiger partial charge in [-0.05, 0) is 51.0 Å². The number of hydrogen-bond donors (Lipinski definition) is 0. The summed E-state index contributed by atoms with van der Waals surface area (Å²) in [5.74, 6) is -1.37. The third-order valence-corrected chi connectivity index (χ3v) is 4.72. The smallest absolute Gasteiger partial charge is 0.421 e. The number of benzene rings is 1. The number of pyridine rings is 1. The van der Waals surface area contributed by atoms with E-state index in [2.05, 4.69) is 4.98 Å². The zero-order valence-corrected chi connectivity index (χ0v) is 17.9. The molecule has 0 fully saturated rings. The first-order chi connectivity index (χ1) is 14.3. The molecule has 0 aliphatic carbocycles. The van der Waals surface area contributed by atoms with Crippen molar-refractivity contribution in [1.82, 2.24) is 9.88 Å². The van der Waals surface area contributed by atoms with Crippen LogP contribution in [-0.2, 0) is 30.5 Å². The highest BCUT2D eigenvalue weighted by Gasteiger charge is 2.38. The van der Waals surface area contributed by atoms with Crippen LogP contribution in [0.25, 0.3) is 0 Å². The summed E-state index contributed by atoms with van der Waals surface area (Å²) < 4.78 is 65.3. The Bertz CT molecular complexity index is 990. The summed E-state index contributed by atoms with van der Waals surface area (Å²) in [7, 11) is 0. The van der Waals surface area contributed by atoms with Gasteiger partial charge in [-0.3, -0.25) is 0 Å². The first kappa shape index (κ1) is 23.1. The van der Waals surface area contributed by atoms with Gasteiger partial charge < -0.3 is 14.4 Å². The lowest BCUT2D eigenvalue weighted by Crippen LogP contribution is -2.40. The molecule has 1 aliphatic rings. The van der Waals surface area contributed by atoms with Crippen LogP contribution >= 0.6 is 11.6 Å². The summed E-state index contributed by atoms with van der Waals surface area (Å²) in [6.45, 7) is 4.88. The lowest BCUT2D eigenvalue weighted by molar-refractivity contribution is -0.139. The van der Waals surface area contributed by atoms with Gasteiger partial charge in [-0.1, -0.05) is 17.7 Å². The second kappa shape index (κ2) is 8.53. The Hall–Kier alpha value is -2.55. The minimum absolute atomic E-state index is 0.0198.